The topological polar surface area (TPSA) is 105 Å². The van der Waals surface area contributed by atoms with Crippen molar-refractivity contribution in [1.82, 2.24) is 29.7 Å². The molecule has 0 radical (unpaired) electrons. The summed E-state index contributed by atoms with van der Waals surface area (Å²) in [6, 6.07) is 2.05. The number of H-pyrrole nitrogens is 1. The Morgan fingerprint density at radius 2 is 2.30 bits per heavy atom. The van der Waals surface area contributed by atoms with Crippen molar-refractivity contribution in [3.8, 4) is 0 Å². The molecule has 0 saturated carbocycles. The number of nitrogens with one attached hydrogen (secondary N) is 2. The summed E-state index contributed by atoms with van der Waals surface area (Å²) in [6.45, 7) is 3.15. The van der Waals surface area contributed by atoms with E-state index < -0.39 is 0 Å². The SMILES string of the molecule is CC(=O)Nc1ccn([C@@H]2CCN(c3ncnc4nc[nH]c34)C2)n1. The van der Waals surface area contributed by atoms with Crippen molar-refractivity contribution in [3.63, 3.8) is 0 Å². The normalized spacial score (nSPS) is 17.8. The second-order valence-corrected chi connectivity index (χ2v) is 5.55. The van der Waals surface area contributed by atoms with E-state index in [9.17, 15) is 4.79 Å². The lowest BCUT2D eigenvalue weighted by Gasteiger charge is -2.17. The van der Waals surface area contributed by atoms with E-state index in [1.807, 2.05) is 16.9 Å². The summed E-state index contributed by atoms with van der Waals surface area (Å²) in [6.07, 6.45) is 6.02. The van der Waals surface area contributed by atoms with Gasteiger partial charge in [-0.15, -0.1) is 0 Å². The number of hydrogen-bond acceptors (Lipinski definition) is 6. The Morgan fingerprint density at radius 1 is 1.39 bits per heavy atom. The Morgan fingerprint density at radius 3 is 3.17 bits per heavy atom. The van der Waals surface area contributed by atoms with Gasteiger partial charge in [-0.1, -0.05) is 0 Å². The smallest absolute Gasteiger partial charge is 0.222 e. The zero-order valence-corrected chi connectivity index (χ0v) is 12.6. The molecule has 0 unspecified atom stereocenters. The van der Waals surface area contributed by atoms with Crippen molar-refractivity contribution in [2.45, 2.75) is 19.4 Å². The summed E-state index contributed by atoms with van der Waals surface area (Å²) >= 11 is 0. The van der Waals surface area contributed by atoms with Crippen LogP contribution in [0.4, 0.5) is 11.6 Å². The minimum atomic E-state index is -0.120. The van der Waals surface area contributed by atoms with Gasteiger partial charge in [-0.3, -0.25) is 9.48 Å². The van der Waals surface area contributed by atoms with Gasteiger partial charge in [0.2, 0.25) is 5.91 Å². The van der Waals surface area contributed by atoms with Crippen LogP contribution >= 0.6 is 0 Å². The largest absolute Gasteiger partial charge is 0.352 e. The first kappa shape index (κ1) is 13.7. The van der Waals surface area contributed by atoms with Crippen molar-refractivity contribution in [3.05, 3.63) is 24.9 Å². The molecule has 0 aromatic carbocycles. The van der Waals surface area contributed by atoms with Crippen LogP contribution in [-0.2, 0) is 4.79 Å². The molecule has 23 heavy (non-hydrogen) atoms. The lowest BCUT2D eigenvalue weighted by Crippen LogP contribution is -2.22. The molecule has 3 aromatic heterocycles. The second-order valence-electron chi connectivity index (χ2n) is 5.55. The van der Waals surface area contributed by atoms with Crippen molar-refractivity contribution in [2.75, 3.05) is 23.3 Å². The summed E-state index contributed by atoms with van der Waals surface area (Å²) in [5.41, 5.74) is 1.53. The maximum atomic E-state index is 11.1. The molecule has 118 valence electrons. The molecule has 1 atom stereocenters. The van der Waals surface area contributed by atoms with Crippen molar-refractivity contribution >= 4 is 28.7 Å². The highest BCUT2D eigenvalue weighted by atomic mass is 16.1. The number of nitrogens with zero attached hydrogens (tertiary/aromatic N) is 6. The first-order valence-electron chi connectivity index (χ1n) is 7.42. The van der Waals surface area contributed by atoms with E-state index in [1.165, 1.54) is 13.3 Å². The zero-order valence-electron chi connectivity index (χ0n) is 12.6. The van der Waals surface area contributed by atoms with Crippen LogP contribution in [0, 0.1) is 0 Å². The molecule has 3 aromatic rings. The molecule has 4 rings (SSSR count). The average molecular weight is 312 g/mol. The highest BCUT2D eigenvalue weighted by Gasteiger charge is 2.27. The van der Waals surface area contributed by atoms with E-state index in [1.54, 1.807) is 6.33 Å². The van der Waals surface area contributed by atoms with Gasteiger partial charge in [0, 0.05) is 32.3 Å². The third-order valence-corrected chi connectivity index (χ3v) is 3.95. The maximum Gasteiger partial charge on any atom is 0.222 e. The van der Waals surface area contributed by atoms with Gasteiger partial charge < -0.3 is 15.2 Å². The Hall–Kier alpha value is -2.97. The zero-order chi connectivity index (χ0) is 15.8. The molecule has 4 heterocycles. The Bertz CT molecular complexity index is 853. The number of imidazole rings is 1. The summed E-state index contributed by atoms with van der Waals surface area (Å²) in [5.74, 6) is 1.32. The van der Waals surface area contributed by atoms with E-state index in [2.05, 4.69) is 35.3 Å². The number of aromatic nitrogens is 6. The lowest BCUT2D eigenvalue weighted by atomic mass is 10.3. The molecule has 0 aliphatic carbocycles. The van der Waals surface area contributed by atoms with E-state index in [-0.39, 0.29) is 11.9 Å². The Kier molecular flexibility index (Phi) is 3.18. The summed E-state index contributed by atoms with van der Waals surface area (Å²) < 4.78 is 1.90. The first-order valence-corrected chi connectivity index (χ1v) is 7.42. The van der Waals surface area contributed by atoms with Gasteiger partial charge >= 0.3 is 0 Å². The van der Waals surface area contributed by atoms with Crippen molar-refractivity contribution in [2.24, 2.45) is 0 Å². The van der Waals surface area contributed by atoms with Gasteiger partial charge in [0.15, 0.2) is 17.3 Å². The summed E-state index contributed by atoms with van der Waals surface area (Å²) in [7, 11) is 0. The van der Waals surface area contributed by atoms with Crippen LogP contribution in [0.3, 0.4) is 0 Å². The maximum absolute atomic E-state index is 11.1. The molecular weight excluding hydrogens is 296 g/mol. The van der Waals surface area contributed by atoms with E-state index in [0.29, 0.717) is 11.5 Å². The fourth-order valence-electron chi connectivity index (χ4n) is 2.93. The van der Waals surface area contributed by atoms with Gasteiger partial charge in [0.25, 0.3) is 0 Å². The van der Waals surface area contributed by atoms with Crippen LogP contribution in [0.2, 0.25) is 0 Å². The predicted octanol–water partition coefficient (Wildman–Crippen LogP) is 0.959. The van der Waals surface area contributed by atoms with Crippen LogP contribution in [0.5, 0.6) is 0 Å². The first-order chi connectivity index (χ1) is 11.2. The molecule has 2 N–H and O–H groups in total. The van der Waals surface area contributed by atoms with E-state index in [4.69, 9.17) is 0 Å². The molecule has 9 nitrogen and oxygen atoms in total. The number of amides is 1. The van der Waals surface area contributed by atoms with Crippen LogP contribution in [-0.4, -0.2) is 48.7 Å². The number of aromatic amines is 1. The lowest BCUT2D eigenvalue weighted by molar-refractivity contribution is -0.114. The molecular formula is C14H16N8O. The monoisotopic (exact) mass is 312 g/mol. The quantitative estimate of drug-likeness (QED) is 0.746. The van der Waals surface area contributed by atoms with Crippen LogP contribution in [0.25, 0.3) is 11.2 Å². The fourth-order valence-corrected chi connectivity index (χ4v) is 2.93. The summed E-state index contributed by atoms with van der Waals surface area (Å²) in [4.78, 5) is 29.1. The van der Waals surface area contributed by atoms with Crippen molar-refractivity contribution < 1.29 is 4.79 Å². The van der Waals surface area contributed by atoms with Gasteiger partial charge in [-0.2, -0.15) is 5.10 Å². The van der Waals surface area contributed by atoms with Gasteiger partial charge in [-0.05, 0) is 6.42 Å². The van der Waals surface area contributed by atoms with Crippen molar-refractivity contribution in [1.29, 1.82) is 0 Å². The second kappa shape index (κ2) is 5.34. The highest BCUT2D eigenvalue weighted by molar-refractivity contribution is 5.87. The standard InChI is InChI=1S/C14H16N8O/c1-9(23)19-11-3-5-22(20-11)10-2-4-21(6-10)14-12-13(16-7-15-12)17-8-18-14/h3,5,7-8,10H,2,4,6H2,1H3,(H,19,20,23)(H,15,16,17,18)/t10-/m1/s1. The summed E-state index contributed by atoms with van der Waals surface area (Å²) in [5, 5.41) is 7.11. The van der Waals surface area contributed by atoms with E-state index in [0.717, 1.165) is 30.8 Å². The number of carbonyl (C=O) groups excluding carboxylic acids is 1. The van der Waals surface area contributed by atoms with Gasteiger partial charge in [0.05, 0.1) is 12.4 Å². The number of rotatable bonds is 3. The average Bonchev–Trinajstić information content (AvgIpc) is 3.26. The molecule has 1 amide bonds. The fraction of sp³-hybridized carbons (Fsp3) is 0.357. The predicted molar refractivity (Wildman–Crippen MR) is 84.1 cm³/mol. The molecule has 9 heteroatoms. The molecule has 1 fully saturated rings. The number of carbonyl (C=O) groups is 1. The van der Waals surface area contributed by atoms with Gasteiger partial charge in [-0.25, -0.2) is 15.0 Å². The van der Waals surface area contributed by atoms with Crippen LogP contribution in [0.15, 0.2) is 24.9 Å². The highest BCUT2D eigenvalue weighted by Crippen LogP contribution is 2.28. The molecule has 0 spiro atoms. The number of hydrogen-bond donors (Lipinski definition) is 2. The molecule has 1 aliphatic heterocycles. The molecule has 1 aliphatic rings. The van der Waals surface area contributed by atoms with Crippen LogP contribution < -0.4 is 10.2 Å². The van der Waals surface area contributed by atoms with Gasteiger partial charge in [0.1, 0.15) is 11.8 Å². The number of anilines is 2. The molecule has 0 bridgehead atoms. The van der Waals surface area contributed by atoms with Crippen LogP contribution in [0.1, 0.15) is 19.4 Å². The Balaban J connectivity index is 1.54. The minimum absolute atomic E-state index is 0.120. The third kappa shape index (κ3) is 2.50. The third-order valence-electron chi connectivity index (χ3n) is 3.95. The van der Waals surface area contributed by atoms with E-state index >= 15 is 0 Å². The Labute approximate surface area is 131 Å². The minimum Gasteiger partial charge on any atom is -0.352 e. The number of fused-ring (bicyclic) bond motifs is 1. The molecule has 1 saturated heterocycles.